The molecule has 1 aromatic carbocycles. The lowest BCUT2D eigenvalue weighted by molar-refractivity contribution is 0.160. The Morgan fingerprint density at radius 3 is 2.57 bits per heavy atom. The molecule has 0 spiro atoms. The highest BCUT2D eigenvalue weighted by atomic mass is 35.5. The van der Waals surface area contributed by atoms with E-state index in [0.29, 0.717) is 22.0 Å². The molecule has 0 heterocycles. The zero-order valence-corrected chi connectivity index (χ0v) is 9.39. The number of hydrogen-bond acceptors (Lipinski definition) is 2. The molecule has 0 aliphatic heterocycles. The summed E-state index contributed by atoms with van der Waals surface area (Å²) in [4.78, 5) is 0. The number of aliphatic hydroxyl groups is 1. The molecule has 0 aliphatic carbocycles. The normalized spacial score (nSPS) is 15.2. The van der Waals surface area contributed by atoms with Crippen molar-refractivity contribution >= 4 is 23.2 Å². The van der Waals surface area contributed by atoms with E-state index in [9.17, 15) is 5.11 Å². The summed E-state index contributed by atoms with van der Waals surface area (Å²) in [5, 5.41) is 10.8. The Hall–Kier alpha value is -0.280. The van der Waals surface area contributed by atoms with Crippen LogP contribution in [0.15, 0.2) is 18.2 Å². The van der Waals surface area contributed by atoms with Crippen molar-refractivity contribution in [1.82, 2.24) is 0 Å². The predicted molar refractivity (Wildman–Crippen MR) is 59.7 cm³/mol. The molecular formula is C10H13Cl2NO. The van der Waals surface area contributed by atoms with Crippen LogP contribution in [0.25, 0.3) is 0 Å². The van der Waals surface area contributed by atoms with E-state index in [2.05, 4.69) is 0 Å². The molecule has 2 atom stereocenters. The Balaban J connectivity index is 2.84. The van der Waals surface area contributed by atoms with Crippen LogP contribution in [0.5, 0.6) is 0 Å². The first-order valence-electron chi connectivity index (χ1n) is 4.39. The predicted octanol–water partition coefficient (Wildman–Crippen LogP) is 2.76. The van der Waals surface area contributed by atoms with Crippen molar-refractivity contribution in [2.75, 3.05) is 0 Å². The fourth-order valence-corrected chi connectivity index (χ4v) is 1.79. The highest BCUT2D eigenvalue weighted by Crippen LogP contribution is 2.28. The van der Waals surface area contributed by atoms with Gasteiger partial charge in [0.2, 0.25) is 0 Å². The number of halogens is 2. The standard InChI is InChI=1S/C10H13Cl2NO/c1-6(13)4-10(14)8-3-2-7(11)5-9(8)12/h2-3,5-6,10,14H,4,13H2,1H3. The van der Waals surface area contributed by atoms with E-state index in [1.165, 1.54) is 0 Å². The Labute approximate surface area is 93.6 Å². The lowest BCUT2D eigenvalue weighted by Gasteiger charge is -2.14. The topological polar surface area (TPSA) is 46.2 Å². The molecule has 14 heavy (non-hydrogen) atoms. The van der Waals surface area contributed by atoms with Gasteiger partial charge in [0.05, 0.1) is 6.10 Å². The Morgan fingerprint density at radius 2 is 2.07 bits per heavy atom. The average Bonchev–Trinajstić information content (AvgIpc) is 2.01. The number of nitrogens with two attached hydrogens (primary N) is 1. The zero-order chi connectivity index (χ0) is 10.7. The molecule has 1 aromatic rings. The minimum Gasteiger partial charge on any atom is -0.388 e. The summed E-state index contributed by atoms with van der Waals surface area (Å²) in [6.45, 7) is 1.84. The summed E-state index contributed by atoms with van der Waals surface area (Å²) in [5.74, 6) is 0. The lowest BCUT2D eigenvalue weighted by atomic mass is 10.0. The number of rotatable bonds is 3. The van der Waals surface area contributed by atoms with Crippen molar-refractivity contribution in [1.29, 1.82) is 0 Å². The molecule has 0 radical (unpaired) electrons. The molecule has 0 amide bonds. The fraction of sp³-hybridized carbons (Fsp3) is 0.400. The van der Waals surface area contributed by atoms with Crippen LogP contribution in [0.4, 0.5) is 0 Å². The number of aliphatic hydroxyl groups excluding tert-OH is 1. The molecule has 0 aliphatic rings. The molecule has 0 fully saturated rings. The smallest absolute Gasteiger partial charge is 0.0819 e. The molecule has 78 valence electrons. The van der Waals surface area contributed by atoms with Crippen LogP contribution in [0.1, 0.15) is 25.0 Å². The molecular weight excluding hydrogens is 221 g/mol. The Morgan fingerprint density at radius 1 is 1.43 bits per heavy atom. The lowest BCUT2D eigenvalue weighted by Crippen LogP contribution is -2.18. The van der Waals surface area contributed by atoms with Gasteiger partial charge in [-0.2, -0.15) is 0 Å². The molecule has 1 rings (SSSR count). The largest absolute Gasteiger partial charge is 0.388 e. The second kappa shape index (κ2) is 4.99. The van der Waals surface area contributed by atoms with Gasteiger partial charge in [-0.3, -0.25) is 0 Å². The van der Waals surface area contributed by atoms with Crippen LogP contribution in [0.2, 0.25) is 10.0 Å². The minimum atomic E-state index is -0.625. The third-order valence-electron chi connectivity index (χ3n) is 1.92. The van der Waals surface area contributed by atoms with E-state index in [4.69, 9.17) is 28.9 Å². The van der Waals surface area contributed by atoms with Crippen LogP contribution < -0.4 is 5.73 Å². The first kappa shape index (κ1) is 11.8. The maximum atomic E-state index is 9.76. The second-order valence-corrected chi connectivity index (χ2v) is 4.24. The third-order valence-corrected chi connectivity index (χ3v) is 2.48. The van der Waals surface area contributed by atoms with E-state index >= 15 is 0 Å². The van der Waals surface area contributed by atoms with Gasteiger partial charge in [0.25, 0.3) is 0 Å². The van der Waals surface area contributed by atoms with Crippen LogP contribution >= 0.6 is 23.2 Å². The van der Waals surface area contributed by atoms with Gasteiger partial charge in [-0.05, 0) is 31.0 Å². The van der Waals surface area contributed by atoms with E-state index in [1.807, 2.05) is 6.92 Å². The van der Waals surface area contributed by atoms with Gasteiger partial charge in [-0.15, -0.1) is 0 Å². The fourth-order valence-electron chi connectivity index (χ4n) is 1.25. The molecule has 0 bridgehead atoms. The molecule has 4 heteroatoms. The molecule has 2 nitrogen and oxygen atoms in total. The third kappa shape index (κ3) is 3.14. The number of hydrogen-bond donors (Lipinski definition) is 2. The van der Waals surface area contributed by atoms with Gasteiger partial charge in [0, 0.05) is 16.1 Å². The van der Waals surface area contributed by atoms with E-state index in [-0.39, 0.29) is 6.04 Å². The van der Waals surface area contributed by atoms with Gasteiger partial charge in [0.1, 0.15) is 0 Å². The Bertz CT molecular complexity index is 315. The number of benzene rings is 1. The second-order valence-electron chi connectivity index (χ2n) is 3.39. The van der Waals surface area contributed by atoms with Crippen LogP contribution in [0.3, 0.4) is 0 Å². The van der Waals surface area contributed by atoms with Gasteiger partial charge >= 0.3 is 0 Å². The highest BCUT2D eigenvalue weighted by Gasteiger charge is 2.13. The van der Waals surface area contributed by atoms with E-state index < -0.39 is 6.10 Å². The van der Waals surface area contributed by atoms with E-state index in [1.54, 1.807) is 18.2 Å². The molecule has 2 unspecified atom stereocenters. The molecule has 3 N–H and O–H groups in total. The summed E-state index contributed by atoms with van der Waals surface area (Å²) >= 11 is 11.7. The summed E-state index contributed by atoms with van der Waals surface area (Å²) in [6.07, 6.45) is -0.138. The molecule has 0 saturated heterocycles. The first-order valence-corrected chi connectivity index (χ1v) is 5.15. The van der Waals surface area contributed by atoms with Crippen molar-refractivity contribution in [2.24, 2.45) is 5.73 Å². The van der Waals surface area contributed by atoms with Crippen molar-refractivity contribution in [3.05, 3.63) is 33.8 Å². The SMILES string of the molecule is CC(N)CC(O)c1ccc(Cl)cc1Cl. The first-order chi connectivity index (χ1) is 6.50. The maximum Gasteiger partial charge on any atom is 0.0819 e. The zero-order valence-electron chi connectivity index (χ0n) is 7.87. The summed E-state index contributed by atoms with van der Waals surface area (Å²) < 4.78 is 0. The highest BCUT2D eigenvalue weighted by molar-refractivity contribution is 6.35. The van der Waals surface area contributed by atoms with Gasteiger partial charge in [0.15, 0.2) is 0 Å². The van der Waals surface area contributed by atoms with Crippen molar-refractivity contribution < 1.29 is 5.11 Å². The van der Waals surface area contributed by atoms with Gasteiger partial charge in [-0.25, -0.2) is 0 Å². The van der Waals surface area contributed by atoms with Gasteiger partial charge in [-0.1, -0.05) is 29.3 Å². The minimum absolute atomic E-state index is 0.0586. The summed E-state index contributed by atoms with van der Waals surface area (Å²) in [6, 6.07) is 4.98. The quantitative estimate of drug-likeness (QED) is 0.844. The summed E-state index contributed by atoms with van der Waals surface area (Å²) in [5.41, 5.74) is 6.26. The molecule has 0 aromatic heterocycles. The van der Waals surface area contributed by atoms with Crippen molar-refractivity contribution in [2.45, 2.75) is 25.5 Å². The van der Waals surface area contributed by atoms with Crippen molar-refractivity contribution in [3.8, 4) is 0 Å². The summed E-state index contributed by atoms with van der Waals surface area (Å²) in [7, 11) is 0. The average molecular weight is 234 g/mol. The van der Waals surface area contributed by atoms with Crippen LogP contribution in [0, 0.1) is 0 Å². The van der Waals surface area contributed by atoms with Crippen LogP contribution in [-0.4, -0.2) is 11.1 Å². The molecule has 0 saturated carbocycles. The monoisotopic (exact) mass is 233 g/mol. The Kier molecular flexibility index (Phi) is 4.20. The van der Waals surface area contributed by atoms with E-state index in [0.717, 1.165) is 0 Å². The van der Waals surface area contributed by atoms with Gasteiger partial charge < -0.3 is 10.8 Å². The van der Waals surface area contributed by atoms with Crippen molar-refractivity contribution in [3.63, 3.8) is 0 Å². The van der Waals surface area contributed by atoms with Crippen LogP contribution in [-0.2, 0) is 0 Å². The maximum absolute atomic E-state index is 9.76.